The predicted octanol–water partition coefficient (Wildman–Crippen LogP) is 4.17. The highest BCUT2D eigenvalue weighted by Crippen LogP contribution is 2.31. The lowest BCUT2D eigenvalue weighted by atomic mass is 10.1. The number of ether oxygens (including phenoxy) is 2. The van der Waals surface area contributed by atoms with Crippen LogP contribution in [0.15, 0.2) is 57.5 Å². The number of aromatic nitrogens is 1. The molecular formula is C19H15BrN2O4. The van der Waals surface area contributed by atoms with Gasteiger partial charge in [-0.3, -0.25) is 4.79 Å². The summed E-state index contributed by atoms with van der Waals surface area (Å²) in [4.78, 5) is 12.4. The molecule has 2 heterocycles. The summed E-state index contributed by atoms with van der Waals surface area (Å²) >= 11 is 3.40. The smallest absolute Gasteiger partial charge is 0.225 e. The summed E-state index contributed by atoms with van der Waals surface area (Å²) in [7, 11) is 0. The minimum Gasteiger partial charge on any atom is -0.486 e. The lowest BCUT2D eigenvalue weighted by Gasteiger charge is -2.18. The van der Waals surface area contributed by atoms with Crippen molar-refractivity contribution in [2.45, 2.75) is 0 Å². The average molecular weight is 415 g/mol. The molecule has 26 heavy (non-hydrogen) atoms. The van der Waals surface area contributed by atoms with Gasteiger partial charge in [0.2, 0.25) is 5.88 Å². The number of nitrogens with one attached hydrogen (secondary N) is 1. The van der Waals surface area contributed by atoms with E-state index in [-0.39, 0.29) is 12.3 Å². The van der Waals surface area contributed by atoms with Crippen molar-refractivity contribution in [3.8, 4) is 22.8 Å². The largest absolute Gasteiger partial charge is 0.486 e. The Morgan fingerprint density at radius 3 is 2.62 bits per heavy atom. The van der Waals surface area contributed by atoms with Crippen molar-refractivity contribution in [2.75, 3.05) is 25.1 Å². The van der Waals surface area contributed by atoms with Crippen molar-refractivity contribution < 1.29 is 18.8 Å². The van der Waals surface area contributed by atoms with Crippen LogP contribution >= 0.6 is 15.9 Å². The van der Waals surface area contributed by atoms with Crippen LogP contribution in [-0.4, -0.2) is 30.7 Å². The maximum absolute atomic E-state index is 12.4. The van der Waals surface area contributed by atoms with E-state index in [2.05, 4.69) is 26.4 Å². The normalized spacial score (nSPS) is 12.7. The molecule has 0 saturated heterocycles. The minimum atomic E-state index is -0.0800. The molecule has 3 aromatic rings. The molecule has 4 rings (SSSR count). The van der Waals surface area contributed by atoms with Crippen molar-refractivity contribution in [2.24, 2.45) is 0 Å². The van der Waals surface area contributed by atoms with Gasteiger partial charge >= 0.3 is 0 Å². The van der Waals surface area contributed by atoms with Crippen LogP contribution < -0.4 is 14.8 Å². The number of nitrogens with zero attached hydrogens (tertiary/aromatic N) is 1. The fourth-order valence-corrected chi connectivity index (χ4v) is 2.87. The first kappa shape index (κ1) is 16.7. The lowest BCUT2D eigenvalue weighted by Crippen LogP contribution is -2.17. The Hall–Kier alpha value is -2.80. The second-order valence-electron chi connectivity index (χ2n) is 5.72. The molecule has 1 aliphatic heterocycles. The Morgan fingerprint density at radius 1 is 1.04 bits per heavy atom. The molecule has 1 aliphatic rings. The zero-order valence-electron chi connectivity index (χ0n) is 13.7. The molecule has 7 heteroatoms. The maximum atomic E-state index is 12.4. The predicted molar refractivity (Wildman–Crippen MR) is 99.9 cm³/mol. The summed E-state index contributed by atoms with van der Waals surface area (Å²) in [6.45, 7) is 1.10. The first-order valence-electron chi connectivity index (χ1n) is 8.08. The van der Waals surface area contributed by atoms with E-state index in [9.17, 15) is 4.79 Å². The molecule has 1 N–H and O–H groups in total. The monoisotopic (exact) mass is 414 g/mol. The van der Waals surface area contributed by atoms with Gasteiger partial charge in [0.15, 0.2) is 17.3 Å². The summed E-state index contributed by atoms with van der Waals surface area (Å²) in [5.74, 6) is 1.62. The van der Waals surface area contributed by atoms with Gasteiger partial charge in [-0.05, 0) is 30.3 Å². The number of carbonyl (C=O) groups is 1. The standard InChI is InChI=1S/C19H15BrN2O4/c20-14-4-1-12(2-5-14)15-10-19(26-22-15)21-11-16(23)13-3-6-17-18(9-13)25-8-7-24-17/h1-6,9-10,21H,7-8,11H2. The Kier molecular flexibility index (Phi) is 4.62. The van der Waals surface area contributed by atoms with Gasteiger partial charge in [-0.25, -0.2) is 0 Å². The van der Waals surface area contributed by atoms with Crippen molar-refractivity contribution in [3.63, 3.8) is 0 Å². The first-order valence-corrected chi connectivity index (χ1v) is 8.88. The van der Waals surface area contributed by atoms with Gasteiger partial charge in [0.05, 0.1) is 6.54 Å². The number of benzene rings is 2. The van der Waals surface area contributed by atoms with Crippen LogP contribution in [0, 0.1) is 0 Å². The molecule has 0 fully saturated rings. The summed E-state index contributed by atoms with van der Waals surface area (Å²) in [5, 5.41) is 6.99. The van der Waals surface area contributed by atoms with Crippen molar-refractivity contribution in [1.82, 2.24) is 5.16 Å². The molecule has 0 amide bonds. The molecule has 0 atom stereocenters. The number of fused-ring (bicyclic) bond motifs is 1. The number of rotatable bonds is 5. The van der Waals surface area contributed by atoms with Crippen molar-refractivity contribution in [3.05, 3.63) is 58.6 Å². The molecule has 0 saturated carbocycles. The van der Waals surface area contributed by atoms with E-state index < -0.39 is 0 Å². The summed E-state index contributed by atoms with van der Waals surface area (Å²) < 4.78 is 17.2. The van der Waals surface area contributed by atoms with Crippen LogP contribution in [0.3, 0.4) is 0 Å². The quantitative estimate of drug-likeness (QED) is 0.631. The molecule has 0 unspecified atom stereocenters. The highest BCUT2D eigenvalue weighted by atomic mass is 79.9. The second kappa shape index (κ2) is 7.21. The van der Waals surface area contributed by atoms with E-state index in [0.29, 0.717) is 41.9 Å². The van der Waals surface area contributed by atoms with Crippen molar-refractivity contribution in [1.29, 1.82) is 0 Å². The van der Waals surface area contributed by atoms with E-state index in [0.717, 1.165) is 10.0 Å². The number of hydrogen-bond acceptors (Lipinski definition) is 6. The Balaban J connectivity index is 1.41. The molecule has 0 bridgehead atoms. The fraction of sp³-hybridized carbons (Fsp3) is 0.158. The van der Waals surface area contributed by atoms with Gasteiger partial charge in [-0.2, -0.15) is 0 Å². The topological polar surface area (TPSA) is 73.6 Å². The average Bonchev–Trinajstić information content (AvgIpc) is 3.15. The van der Waals surface area contributed by atoms with E-state index >= 15 is 0 Å². The van der Waals surface area contributed by atoms with E-state index in [1.807, 2.05) is 24.3 Å². The van der Waals surface area contributed by atoms with Gasteiger partial charge in [-0.1, -0.05) is 33.2 Å². The van der Waals surface area contributed by atoms with Crippen LogP contribution in [0.2, 0.25) is 0 Å². The lowest BCUT2D eigenvalue weighted by molar-refractivity contribution is 0.100. The second-order valence-corrected chi connectivity index (χ2v) is 6.63. The fourth-order valence-electron chi connectivity index (χ4n) is 2.60. The highest BCUT2D eigenvalue weighted by molar-refractivity contribution is 9.10. The molecule has 0 spiro atoms. The number of Topliss-reactive ketones (excluding diaryl/α,β-unsaturated/α-hetero) is 1. The number of hydrogen-bond donors (Lipinski definition) is 1. The van der Waals surface area contributed by atoms with Gasteiger partial charge in [-0.15, -0.1) is 0 Å². The van der Waals surface area contributed by atoms with Crippen LogP contribution in [0.25, 0.3) is 11.3 Å². The molecular weight excluding hydrogens is 400 g/mol. The molecule has 0 radical (unpaired) electrons. The molecule has 132 valence electrons. The summed E-state index contributed by atoms with van der Waals surface area (Å²) in [6.07, 6.45) is 0. The zero-order valence-corrected chi connectivity index (χ0v) is 15.3. The number of anilines is 1. The van der Waals surface area contributed by atoms with Crippen LogP contribution in [0.5, 0.6) is 11.5 Å². The number of ketones is 1. The number of carbonyl (C=O) groups excluding carboxylic acids is 1. The third kappa shape index (κ3) is 3.57. The van der Waals surface area contributed by atoms with Gasteiger partial charge in [0, 0.05) is 21.7 Å². The SMILES string of the molecule is O=C(CNc1cc(-c2ccc(Br)cc2)no1)c1ccc2c(c1)OCCO2. The van der Waals surface area contributed by atoms with Crippen LogP contribution in [0.4, 0.5) is 5.88 Å². The maximum Gasteiger partial charge on any atom is 0.225 e. The molecule has 1 aromatic heterocycles. The number of halogens is 1. The molecule has 0 aliphatic carbocycles. The zero-order chi connectivity index (χ0) is 17.9. The van der Waals surface area contributed by atoms with Gasteiger partial charge in [0.25, 0.3) is 0 Å². The Morgan fingerprint density at radius 2 is 1.81 bits per heavy atom. The summed E-state index contributed by atoms with van der Waals surface area (Å²) in [6, 6.07) is 14.7. The van der Waals surface area contributed by atoms with E-state index in [4.69, 9.17) is 14.0 Å². The molecule has 2 aromatic carbocycles. The highest BCUT2D eigenvalue weighted by Gasteiger charge is 2.15. The van der Waals surface area contributed by atoms with Crippen LogP contribution in [-0.2, 0) is 0 Å². The van der Waals surface area contributed by atoms with E-state index in [1.54, 1.807) is 24.3 Å². The van der Waals surface area contributed by atoms with Gasteiger partial charge in [0.1, 0.15) is 18.9 Å². The van der Waals surface area contributed by atoms with Crippen LogP contribution in [0.1, 0.15) is 10.4 Å². The third-order valence-electron chi connectivity index (χ3n) is 3.94. The Labute approximate surface area is 158 Å². The minimum absolute atomic E-state index is 0.0800. The molecule has 6 nitrogen and oxygen atoms in total. The summed E-state index contributed by atoms with van der Waals surface area (Å²) in [5.41, 5.74) is 2.18. The first-order chi connectivity index (χ1) is 12.7. The van der Waals surface area contributed by atoms with Crippen molar-refractivity contribution >= 4 is 27.6 Å². The van der Waals surface area contributed by atoms with E-state index in [1.165, 1.54) is 0 Å². The Bertz CT molecular complexity index is 937. The third-order valence-corrected chi connectivity index (χ3v) is 4.47. The van der Waals surface area contributed by atoms with Gasteiger partial charge < -0.3 is 19.3 Å².